The molecule has 22 heavy (non-hydrogen) atoms. The molecule has 1 aromatic rings. The molecule has 1 aliphatic rings. The van der Waals surface area contributed by atoms with E-state index in [4.69, 9.17) is 4.42 Å². The monoisotopic (exact) mass is 318 g/mol. The smallest absolute Gasteiger partial charge is 0.438 e. The van der Waals surface area contributed by atoms with Gasteiger partial charge in [-0.15, -0.1) is 0 Å². The van der Waals surface area contributed by atoms with Gasteiger partial charge in [0.1, 0.15) is 6.26 Å². The van der Waals surface area contributed by atoms with Crippen molar-refractivity contribution < 1.29 is 27.5 Å². The van der Waals surface area contributed by atoms with E-state index in [-0.39, 0.29) is 16.3 Å². The number of carbonyl (C=O) groups is 1. The van der Waals surface area contributed by atoms with E-state index in [0.29, 0.717) is 18.4 Å². The second-order valence-electron chi connectivity index (χ2n) is 5.35. The summed E-state index contributed by atoms with van der Waals surface area (Å²) in [6, 6.07) is 0. The summed E-state index contributed by atoms with van der Waals surface area (Å²) < 4.78 is 44.6. The van der Waals surface area contributed by atoms with Gasteiger partial charge in [0, 0.05) is 17.7 Å². The highest BCUT2D eigenvalue weighted by Gasteiger charge is 2.63. The first-order chi connectivity index (χ1) is 10.2. The Morgan fingerprint density at radius 2 is 2.18 bits per heavy atom. The van der Waals surface area contributed by atoms with Crippen molar-refractivity contribution in [3.63, 3.8) is 0 Å². The third kappa shape index (κ3) is 2.75. The van der Waals surface area contributed by atoms with E-state index in [9.17, 15) is 23.1 Å². The maximum atomic E-state index is 13.3. The van der Waals surface area contributed by atoms with Gasteiger partial charge in [-0.2, -0.15) is 23.3 Å². The Kier molecular flexibility index (Phi) is 4.32. The second-order valence-corrected chi connectivity index (χ2v) is 5.35. The minimum Gasteiger partial charge on any atom is -0.471 e. The average molecular weight is 318 g/mol. The van der Waals surface area contributed by atoms with Gasteiger partial charge >= 0.3 is 6.18 Å². The summed E-state index contributed by atoms with van der Waals surface area (Å²) in [5.74, 6) is -1.03. The van der Waals surface area contributed by atoms with Crippen molar-refractivity contribution in [1.29, 1.82) is 0 Å². The lowest BCUT2D eigenvalue weighted by Gasteiger charge is -2.32. The number of halogens is 3. The van der Waals surface area contributed by atoms with Crippen LogP contribution < -0.4 is 0 Å². The number of aryl methyl sites for hydroxylation is 1. The summed E-state index contributed by atoms with van der Waals surface area (Å²) in [6.07, 6.45) is -1.70. The Bertz CT molecular complexity index is 594. The summed E-state index contributed by atoms with van der Waals surface area (Å²) in [6.45, 7) is 3.42. The number of alkyl halides is 3. The fourth-order valence-corrected chi connectivity index (χ4v) is 2.27. The molecule has 0 bridgehead atoms. The highest BCUT2D eigenvalue weighted by Crippen LogP contribution is 2.41. The van der Waals surface area contributed by atoms with Gasteiger partial charge in [0.25, 0.3) is 11.6 Å². The molecule has 1 atom stereocenters. The number of carbonyl (C=O) groups excluding carboxylic acids is 1. The van der Waals surface area contributed by atoms with E-state index < -0.39 is 24.2 Å². The summed E-state index contributed by atoms with van der Waals surface area (Å²) >= 11 is 0. The number of amides is 1. The van der Waals surface area contributed by atoms with Crippen molar-refractivity contribution >= 4 is 11.6 Å². The standard InChI is InChI=1S/C14H17F3N2O3/c1-3-4-5-10-6-13(21,14(15,16)17)19(18-10)12(20)11-8-22-7-9(11)2/h7-8,21H,3-6H2,1-2H3/t13-/m1/s1. The van der Waals surface area contributed by atoms with Gasteiger partial charge in [0.15, 0.2) is 0 Å². The first-order valence-electron chi connectivity index (χ1n) is 6.93. The van der Waals surface area contributed by atoms with Crippen LogP contribution in [0.25, 0.3) is 0 Å². The van der Waals surface area contributed by atoms with Crippen LogP contribution in [0.3, 0.4) is 0 Å². The number of furan rings is 1. The number of hydrogen-bond acceptors (Lipinski definition) is 4. The molecule has 8 heteroatoms. The van der Waals surface area contributed by atoms with Gasteiger partial charge in [-0.05, 0) is 19.8 Å². The first-order valence-corrected chi connectivity index (χ1v) is 6.93. The molecule has 0 aromatic carbocycles. The van der Waals surface area contributed by atoms with Crippen LogP contribution in [0.2, 0.25) is 0 Å². The number of hydrogen-bond donors (Lipinski definition) is 1. The number of aliphatic hydroxyl groups is 1. The third-order valence-corrected chi connectivity index (χ3v) is 3.59. The largest absolute Gasteiger partial charge is 0.471 e. The van der Waals surface area contributed by atoms with Crippen molar-refractivity contribution in [2.24, 2.45) is 5.10 Å². The molecule has 1 amide bonds. The molecular formula is C14H17F3N2O3. The molecule has 2 rings (SSSR count). The average Bonchev–Trinajstić information content (AvgIpc) is 2.99. The van der Waals surface area contributed by atoms with Crippen LogP contribution in [0, 0.1) is 6.92 Å². The topological polar surface area (TPSA) is 66.0 Å². The zero-order valence-electron chi connectivity index (χ0n) is 12.3. The Morgan fingerprint density at radius 3 is 2.68 bits per heavy atom. The van der Waals surface area contributed by atoms with E-state index in [1.807, 2.05) is 6.92 Å². The first kappa shape index (κ1) is 16.5. The zero-order valence-corrected chi connectivity index (χ0v) is 12.3. The van der Waals surface area contributed by atoms with E-state index in [2.05, 4.69) is 5.10 Å². The van der Waals surface area contributed by atoms with Gasteiger partial charge in [0.2, 0.25) is 0 Å². The predicted octanol–water partition coefficient (Wildman–Crippen LogP) is 3.23. The fourth-order valence-electron chi connectivity index (χ4n) is 2.27. The second kappa shape index (κ2) is 5.75. The number of hydrazone groups is 1. The Morgan fingerprint density at radius 1 is 1.50 bits per heavy atom. The molecule has 0 unspecified atom stereocenters. The number of nitrogens with zero attached hydrogens (tertiary/aromatic N) is 2. The lowest BCUT2D eigenvalue weighted by Crippen LogP contribution is -2.56. The Hall–Kier alpha value is -1.83. The summed E-state index contributed by atoms with van der Waals surface area (Å²) in [5, 5.41) is 13.9. The van der Waals surface area contributed by atoms with Crippen LogP contribution in [0.1, 0.15) is 48.5 Å². The third-order valence-electron chi connectivity index (χ3n) is 3.59. The molecule has 1 aliphatic heterocycles. The molecule has 2 heterocycles. The molecular weight excluding hydrogens is 301 g/mol. The van der Waals surface area contributed by atoms with Crippen LogP contribution in [-0.4, -0.2) is 33.6 Å². The Labute approximate surface area is 125 Å². The predicted molar refractivity (Wildman–Crippen MR) is 72.2 cm³/mol. The van der Waals surface area contributed by atoms with Gasteiger partial charge in [-0.25, -0.2) is 0 Å². The van der Waals surface area contributed by atoms with Crippen molar-refractivity contribution in [3.8, 4) is 0 Å². The summed E-state index contributed by atoms with van der Waals surface area (Å²) in [7, 11) is 0. The number of unbranched alkanes of at least 4 members (excludes halogenated alkanes) is 1. The highest BCUT2D eigenvalue weighted by atomic mass is 19.4. The van der Waals surface area contributed by atoms with Crippen LogP contribution in [0.5, 0.6) is 0 Å². The molecule has 0 saturated heterocycles. The summed E-state index contributed by atoms with van der Waals surface area (Å²) in [4.78, 5) is 12.3. The van der Waals surface area contributed by atoms with Crippen LogP contribution in [0.15, 0.2) is 22.0 Å². The van der Waals surface area contributed by atoms with Crippen LogP contribution in [-0.2, 0) is 0 Å². The molecule has 0 fully saturated rings. The lowest BCUT2D eigenvalue weighted by atomic mass is 10.0. The van der Waals surface area contributed by atoms with Crippen molar-refractivity contribution in [1.82, 2.24) is 5.01 Å². The van der Waals surface area contributed by atoms with Gasteiger partial charge < -0.3 is 9.52 Å². The van der Waals surface area contributed by atoms with Crippen LogP contribution >= 0.6 is 0 Å². The molecule has 1 aromatic heterocycles. The molecule has 0 saturated carbocycles. The fraction of sp³-hybridized carbons (Fsp3) is 0.571. The summed E-state index contributed by atoms with van der Waals surface area (Å²) in [5.41, 5.74) is -2.82. The zero-order chi connectivity index (χ0) is 16.5. The van der Waals surface area contributed by atoms with E-state index >= 15 is 0 Å². The van der Waals surface area contributed by atoms with E-state index in [0.717, 1.165) is 12.7 Å². The molecule has 1 N–H and O–H groups in total. The van der Waals surface area contributed by atoms with Crippen molar-refractivity contribution in [3.05, 3.63) is 23.7 Å². The quantitative estimate of drug-likeness (QED) is 0.927. The lowest BCUT2D eigenvalue weighted by molar-refractivity contribution is -0.297. The maximum absolute atomic E-state index is 13.3. The van der Waals surface area contributed by atoms with Crippen molar-refractivity contribution in [2.75, 3.05) is 0 Å². The minimum absolute atomic E-state index is 0.0526. The molecule has 0 aliphatic carbocycles. The van der Waals surface area contributed by atoms with Gasteiger partial charge in [-0.1, -0.05) is 13.3 Å². The van der Waals surface area contributed by atoms with E-state index in [1.165, 1.54) is 13.2 Å². The SMILES string of the molecule is CCCCC1=NN(C(=O)c2cocc2C)[C@](O)(C(F)(F)F)C1. The molecule has 0 spiro atoms. The normalized spacial score (nSPS) is 22.1. The Balaban J connectivity index is 2.36. The molecule has 0 radical (unpaired) electrons. The van der Waals surface area contributed by atoms with E-state index in [1.54, 1.807) is 0 Å². The maximum Gasteiger partial charge on any atom is 0.438 e. The number of rotatable bonds is 4. The van der Waals surface area contributed by atoms with Crippen molar-refractivity contribution in [2.45, 2.75) is 51.4 Å². The highest BCUT2D eigenvalue weighted by molar-refractivity contribution is 5.99. The minimum atomic E-state index is -5.00. The van der Waals surface area contributed by atoms with Crippen LogP contribution in [0.4, 0.5) is 13.2 Å². The molecule has 122 valence electrons. The van der Waals surface area contributed by atoms with Gasteiger partial charge in [-0.3, -0.25) is 4.79 Å². The molecule has 5 nitrogen and oxygen atoms in total. The van der Waals surface area contributed by atoms with Gasteiger partial charge in [0.05, 0.1) is 11.8 Å².